The van der Waals surface area contributed by atoms with Crippen LogP contribution in [-0.4, -0.2) is 13.1 Å². The fraction of sp³-hybridized carbons (Fsp3) is 1.00. The molecule has 3 heteroatoms. The van der Waals surface area contributed by atoms with Gasteiger partial charge in [0.2, 0.25) is 0 Å². The molecular formula is C4H11N2P. The summed E-state index contributed by atoms with van der Waals surface area (Å²) in [6, 6.07) is 0. The molecule has 1 heterocycles. The van der Waals surface area contributed by atoms with E-state index in [2.05, 4.69) is 10.2 Å². The van der Waals surface area contributed by atoms with Gasteiger partial charge in [-0.15, -0.1) is 0 Å². The Hall–Kier alpha value is 0.350. The van der Waals surface area contributed by atoms with Crippen LogP contribution in [0, 0.1) is 0 Å². The Morgan fingerprint density at radius 2 is 1.57 bits per heavy atom. The minimum absolute atomic E-state index is 0.795. The number of rotatable bonds is 0. The third-order valence-electron chi connectivity index (χ3n) is 1.03. The first-order valence-electron chi connectivity index (χ1n) is 2.71. The van der Waals surface area contributed by atoms with Gasteiger partial charge in [-0.1, -0.05) is 0 Å². The predicted molar refractivity (Wildman–Crippen MR) is 33.6 cm³/mol. The average molecular weight is 118 g/mol. The first kappa shape index (κ1) is 5.49. The quantitative estimate of drug-likeness (QED) is 0.452. The van der Waals surface area contributed by atoms with Crippen LogP contribution < -0.4 is 10.2 Å². The van der Waals surface area contributed by atoms with Gasteiger partial charge >= 0.3 is 0 Å². The Morgan fingerprint density at radius 1 is 1.00 bits per heavy atom. The molecule has 0 saturated carbocycles. The van der Waals surface area contributed by atoms with Crippen LogP contribution in [0.5, 0.6) is 0 Å². The van der Waals surface area contributed by atoms with Crippen molar-refractivity contribution < 1.29 is 0 Å². The summed E-state index contributed by atoms with van der Waals surface area (Å²) in [5.41, 5.74) is 0. The molecular weight excluding hydrogens is 107 g/mol. The minimum atomic E-state index is 0.795. The molecule has 1 rings (SSSR count). The van der Waals surface area contributed by atoms with Crippen LogP contribution in [0.4, 0.5) is 0 Å². The topological polar surface area (TPSA) is 24.1 Å². The summed E-state index contributed by atoms with van der Waals surface area (Å²) in [7, 11) is 0.795. The lowest BCUT2D eigenvalue weighted by atomic mass is 10.3. The molecule has 0 aliphatic carbocycles. The lowest BCUT2D eigenvalue weighted by Gasteiger charge is -1.94. The van der Waals surface area contributed by atoms with Crippen LogP contribution in [-0.2, 0) is 0 Å². The predicted octanol–water partition coefficient (Wildman–Crippen LogP) is 0.468. The molecule has 1 aliphatic rings. The van der Waals surface area contributed by atoms with Crippen molar-refractivity contribution in [2.75, 3.05) is 13.1 Å². The van der Waals surface area contributed by atoms with Crippen molar-refractivity contribution in [1.29, 1.82) is 0 Å². The molecule has 0 bridgehead atoms. The molecule has 0 radical (unpaired) electrons. The van der Waals surface area contributed by atoms with Crippen molar-refractivity contribution in [2.45, 2.75) is 12.8 Å². The highest BCUT2D eigenvalue weighted by Crippen LogP contribution is 2.01. The number of nitrogens with one attached hydrogen (secondary N) is 2. The fourth-order valence-corrected chi connectivity index (χ4v) is 1.34. The van der Waals surface area contributed by atoms with Gasteiger partial charge in [-0.25, -0.2) is 0 Å². The van der Waals surface area contributed by atoms with Crippen molar-refractivity contribution in [3.8, 4) is 0 Å². The summed E-state index contributed by atoms with van der Waals surface area (Å²) in [6.45, 7) is 2.40. The Bertz CT molecular complexity index is 29.3. The van der Waals surface area contributed by atoms with E-state index in [4.69, 9.17) is 0 Å². The molecule has 42 valence electrons. The zero-order valence-corrected chi connectivity index (χ0v) is 5.33. The molecule has 0 spiro atoms. The molecule has 2 nitrogen and oxygen atoms in total. The molecule has 0 atom stereocenters. The van der Waals surface area contributed by atoms with Crippen molar-refractivity contribution in [1.82, 2.24) is 10.2 Å². The van der Waals surface area contributed by atoms with Crippen LogP contribution in [0.3, 0.4) is 0 Å². The van der Waals surface area contributed by atoms with Crippen molar-refractivity contribution in [2.24, 2.45) is 0 Å². The van der Waals surface area contributed by atoms with Crippen LogP contribution >= 0.6 is 8.88 Å². The Kier molecular flexibility index (Phi) is 2.64. The highest BCUT2D eigenvalue weighted by molar-refractivity contribution is 7.33. The fourth-order valence-electron chi connectivity index (χ4n) is 0.614. The van der Waals surface area contributed by atoms with Gasteiger partial charge < -0.3 is 0 Å². The van der Waals surface area contributed by atoms with Gasteiger partial charge in [0.15, 0.2) is 0 Å². The standard InChI is InChI=1S/C4H11N2P/c1-2-4-6-7-5-3-1/h5-7H,1-4H2. The third-order valence-corrected chi connectivity index (χ3v) is 1.88. The molecule has 0 aromatic heterocycles. The van der Waals surface area contributed by atoms with E-state index < -0.39 is 0 Å². The second-order valence-electron chi connectivity index (χ2n) is 1.69. The molecule has 0 unspecified atom stereocenters. The second-order valence-corrected chi connectivity index (χ2v) is 2.64. The van der Waals surface area contributed by atoms with Gasteiger partial charge in [0.25, 0.3) is 0 Å². The minimum Gasteiger partial charge on any atom is -0.286 e. The molecule has 0 aromatic rings. The van der Waals surface area contributed by atoms with Gasteiger partial charge in [-0.2, -0.15) is 0 Å². The molecule has 1 aliphatic heterocycles. The Balaban J connectivity index is 2.04. The van der Waals surface area contributed by atoms with Crippen LogP contribution in [0.15, 0.2) is 0 Å². The highest BCUT2D eigenvalue weighted by atomic mass is 31.1. The van der Waals surface area contributed by atoms with Gasteiger partial charge in [0.1, 0.15) is 0 Å². The maximum absolute atomic E-state index is 3.26. The maximum atomic E-state index is 3.26. The van der Waals surface area contributed by atoms with Crippen LogP contribution in [0.2, 0.25) is 0 Å². The Labute approximate surface area is 46.0 Å². The monoisotopic (exact) mass is 118 g/mol. The van der Waals surface area contributed by atoms with E-state index in [1.807, 2.05) is 0 Å². The van der Waals surface area contributed by atoms with E-state index >= 15 is 0 Å². The van der Waals surface area contributed by atoms with Gasteiger partial charge in [-0.3, -0.25) is 10.2 Å². The molecule has 1 saturated heterocycles. The maximum Gasteiger partial charge on any atom is 0.0183 e. The zero-order chi connectivity index (χ0) is 4.95. The molecule has 7 heavy (non-hydrogen) atoms. The van der Waals surface area contributed by atoms with Crippen molar-refractivity contribution >= 4 is 8.88 Å². The Morgan fingerprint density at radius 3 is 2.14 bits per heavy atom. The number of hydrogen-bond acceptors (Lipinski definition) is 2. The lowest BCUT2D eigenvalue weighted by Crippen LogP contribution is -2.05. The summed E-state index contributed by atoms with van der Waals surface area (Å²) in [4.78, 5) is 0. The summed E-state index contributed by atoms with van der Waals surface area (Å²) < 4.78 is 0. The van der Waals surface area contributed by atoms with Gasteiger partial charge in [0.05, 0.1) is 0 Å². The largest absolute Gasteiger partial charge is 0.286 e. The van der Waals surface area contributed by atoms with Crippen molar-refractivity contribution in [3.05, 3.63) is 0 Å². The normalized spacial score (nSPS) is 24.0. The summed E-state index contributed by atoms with van der Waals surface area (Å²) in [6.07, 6.45) is 2.67. The summed E-state index contributed by atoms with van der Waals surface area (Å²) in [5, 5.41) is 6.53. The third kappa shape index (κ3) is 2.22. The first-order chi connectivity index (χ1) is 3.50. The molecule has 0 aromatic carbocycles. The average Bonchev–Trinajstić information content (AvgIpc) is 1.90. The lowest BCUT2D eigenvalue weighted by molar-refractivity contribution is 0.742. The smallest absolute Gasteiger partial charge is 0.0183 e. The van der Waals surface area contributed by atoms with E-state index in [0.717, 1.165) is 8.88 Å². The van der Waals surface area contributed by atoms with Gasteiger partial charge in [0, 0.05) is 8.88 Å². The van der Waals surface area contributed by atoms with Crippen LogP contribution in [0.1, 0.15) is 12.8 Å². The summed E-state index contributed by atoms with van der Waals surface area (Å²) >= 11 is 0. The van der Waals surface area contributed by atoms with E-state index in [0.29, 0.717) is 0 Å². The first-order valence-corrected chi connectivity index (χ1v) is 3.71. The second kappa shape index (κ2) is 3.36. The summed E-state index contributed by atoms with van der Waals surface area (Å²) in [5.74, 6) is 0. The highest BCUT2D eigenvalue weighted by Gasteiger charge is 1.92. The molecule has 2 N–H and O–H groups in total. The molecule has 0 amide bonds. The van der Waals surface area contributed by atoms with E-state index in [9.17, 15) is 0 Å². The van der Waals surface area contributed by atoms with Gasteiger partial charge in [-0.05, 0) is 25.9 Å². The van der Waals surface area contributed by atoms with E-state index in [-0.39, 0.29) is 0 Å². The van der Waals surface area contributed by atoms with Crippen molar-refractivity contribution in [3.63, 3.8) is 0 Å². The SMILES string of the molecule is C1CCNPNC1. The van der Waals surface area contributed by atoms with E-state index in [1.165, 1.54) is 25.9 Å². The number of hydrogen-bond donors (Lipinski definition) is 2. The van der Waals surface area contributed by atoms with E-state index in [1.54, 1.807) is 0 Å². The van der Waals surface area contributed by atoms with Crippen LogP contribution in [0.25, 0.3) is 0 Å². The zero-order valence-electron chi connectivity index (χ0n) is 4.33. The molecule has 1 fully saturated rings.